The van der Waals surface area contributed by atoms with Crippen molar-refractivity contribution in [2.24, 2.45) is 5.41 Å². The van der Waals surface area contributed by atoms with Crippen molar-refractivity contribution in [3.05, 3.63) is 34.9 Å². The third-order valence-electron chi connectivity index (χ3n) is 4.57. The predicted octanol–water partition coefficient (Wildman–Crippen LogP) is 3.12. The lowest BCUT2D eigenvalue weighted by Gasteiger charge is -2.38. The average Bonchev–Trinajstić information content (AvgIpc) is 2.38. The second kappa shape index (κ2) is 6.06. The van der Waals surface area contributed by atoms with Crippen molar-refractivity contribution in [3.8, 4) is 0 Å². The lowest BCUT2D eigenvalue weighted by atomic mass is 9.80. The van der Waals surface area contributed by atoms with Crippen molar-refractivity contribution in [3.63, 3.8) is 0 Å². The van der Waals surface area contributed by atoms with Crippen LogP contribution in [0.2, 0.25) is 0 Å². The van der Waals surface area contributed by atoms with Gasteiger partial charge < -0.3 is 10.2 Å². The molecule has 2 heteroatoms. The van der Waals surface area contributed by atoms with E-state index >= 15 is 0 Å². The number of likely N-dealkylation sites (tertiary alicyclic amines) is 1. The van der Waals surface area contributed by atoms with Gasteiger partial charge in [0.15, 0.2) is 0 Å². The Morgan fingerprint density at radius 2 is 1.89 bits per heavy atom. The van der Waals surface area contributed by atoms with Crippen molar-refractivity contribution in [2.45, 2.75) is 40.2 Å². The standard InChI is InChI=1S/C17H28N2/c1-14-5-6-15(2)16(11-14)12-18-13-17(3)7-9-19(4)10-8-17/h5-6,11,18H,7-10,12-13H2,1-4H3. The Kier molecular flexibility index (Phi) is 4.64. The molecule has 0 unspecified atom stereocenters. The zero-order valence-electron chi connectivity index (χ0n) is 12.9. The third kappa shape index (κ3) is 4.05. The quantitative estimate of drug-likeness (QED) is 0.895. The summed E-state index contributed by atoms with van der Waals surface area (Å²) in [6.07, 6.45) is 2.62. The predicted molar refractivity (Wildman–Crippen MR) is 82.5 cm³/mol. The minimum Gasteiger partial charge on any atom is -0.312 e. The van der Waals surface area contributed by atoms with Crippen LogP contribution in [-0.4, -0.2) is 31.6 Å². The van der Waals surface area contributed by atoms with Crippen molar-refractivity contribution in [1.29, 1.82) is 0 Å². The largest absolute Gasteiger partial charge is 0.312 e. The summed E-state index contributed by atoms with van der Waals surface area (Å²) in [5.74, 6) is 0. The van der Waals surface area contributed by atoms with E-state index < -0.39 is 0 Å². The number of hydrogen-bond acceptors (Lipinski definition) is 2. The number of hydrogen-bond donors (Lipinski definition) is 1. The van der Waals surface area contributed by atoms with E-state index in [0.29, 0.717) is 5.41 Å². The highest BCUT2D eigenvalue weighted by Gasteiger charge is 2.28. The number of benzene rings is 1. The number of nitrogens with zero attached hydrogens (tertiary/aromatic N) is 1. The Balaban J connectivity index is 1.84. The molecule has 0 amide bonds. The average molecular weight is 260 g/mol. The fourth-order valence-corrected chi connectivity index (χ4v) is 2.82. The van der Waals surface area contributed by atoms with Crippen LogP contribution in [0.25, 0.3) is 0 Å². The maximum Gasteiger partial charge on any atom is 0.0208 e. The van der Waals surface area contributed by atoms with Crippen LogP contribution in [0.1, 0.15) is 36.5 Å². The van der Waals surface area contributed by atoms with Gasteiger partial charge in [-0.3, -0.25) is 0 Å². The van der Waals surface area contributed by atoms with E-state index in [1.165, 1.54) is 42.6 Å². The first-order valence-corrected chi connectivity index (χ1v) is 7.44. The highest BCUT2D eigenvalue weighted by molar-refractivity contribution is 5.30. The summed E-state index contributed by atoms with van der Waals surface area (Å²) in [7, 11) is 2.23. The summed E-state index contributed by atoms with van der Waals surface area (Å²) in [5, 5.41) is 3.68. The van der Waals surface area contributed by atoms with E-state index in [1.807, 2.05) is 0 Å². The smallest absolute Gasteiger partial charge is 0.0208 e. The van der Waals surface area contributed by atoms with Gasteiger partial charge in [0, 0.05) is 13.1 Å². The summed E-state index contributed by atoms with van der Waals surface area (Å²) in [6.45, 7) is 11.4. The maximum atomic E-state index is 3.68. The van der Waals surface area contributed by atoms with Gasteiger partial charge in [-0.05, 0) is 63.4 Å². The first-order chi connectivity index (χ1) is 8.98. The van der Waals surface area contributed by atoms with Crippen LogP contribution in [0.3, 0.4) is 0 Å². The molecule has 0 atom stereocenters. The van der Waals surface area contributed by atoms with Crippen LogP contribution >= 0.6 is 0 Å². The molecule has 1 aromatic rings. The zero-order valence-corrected chi connectivity index (χ0v) is 12.9. The van der Waals surface area contributed by atoms with E-state index in [2.05, 4.69) is 56.2 Å². The minimum absolute atomic E-state index is 0.476. The molecular formula is C17H28N2. The molecule has 0 bridgehead atoms. The molecule has 2 nitrogen and oxygen atoms in total. The number of piperidine rings is 1. The molecule has 0 radical (unpaired) electrons. The molecule has 1 N–H and O–H groups in total. The molecule has 1 aromatic carbocycles. The number of rotatable bonds is 4. The fraction of sp³-hybridized carbons (Fsp3) is 0.647. The number of nitrogens with one attached hydrogen (secondary N) is 1. The molecule has 1 heterocycles. The molecule has 1 fully saturated rings. The number of aryl methyl sites for hydroxylation is 2. The molecule has 1 saturated heterocycles. The Bertz CT molecular complexity index is 417. The van der Waals surface area contributed by atoms with Gasteiger partial charge in [-0.25, -0.2) is 0 Å². The topological polar surface area (TPSA) is 15.3 Å². The van der Waals surface area contributed by atoms with Crippen LogP contribution in [0.4, 0.5) is 0 Å². The van der Waals surface area contributed by atoms with Gasteiger partial charge in [0.2, 0.25) is 0 Å². The summed E-state index contributed by atoms with van der Waals surface area (Å²) >= 11 is 0. The lowest BCUT2D eigenvalue weighted by Crippen LogP contribution is -2.41. The van der Waals surface area contributed by atoms with E-state index in [1.54, 1.807) is 0 Å². The Labute approximate surface area is 118 Å². The summed E-state index contributed by atoms with van der Waals surface area (Å²) < 4.78 is 0. The highest BCUT2D eigenvalue weighted by Crippen LogP contribution is 2.29. The Morgan fingerprint density at radius 1 is 1.21 bits per heavy atom. The second-order valence-electron chi connectivity index (χ2n) is 6.65. The molecule has 0 spiro atoms. The minimum atomic E-state index is 0.476. The molecule has 2 rings (SSSR count). The van der Waals surface area contributed by atoms with Gasteiger partial charge in [0.1, 0.15) is 0 Å². The summed E-state index contributed by atoms with van der Waals surface area (Å²) in [5.41, 5.74) is 4.67. The van der Waals surface area contributed by atoms with Crippen LogP contribution in [0.5, 0.6) is 0 Å². The first-order valence-electron chi connectivity index (χ1n) is 7.44. The van der Waals surface area contributed by atoms with E-state index in [-0.39, 0.29) is 0 Å². The lowest BCUT2D eigenvalue weighted by molar-refractivity contribution is 0.137. The molecular weight excluding hydrogens is 232 g/mol. The fourth-order valence-electron chi connectivity index (χ4n) is 2.82. The van der Waals surface area contributed by atoms with Crippen molar-refractivity contribution >= 4 is 0 Å². The summed E-state index contributed by atoms with van der Waals surface area (Å²) in [6, 6.07) is 6.72. The maximum absolute atomic E-state index is 3.68. The van der Waals surface area contributed by atoms with Crippen LogP contribution in [0.15, 0.2) is 18.2 Å². The Morgan fingerprint density at radius 3 is 2.58 bits per heavy atom. The normalized spacial score (nSPS) is 19.6. The van der Waals surface area contributed by atoms with E-state index in [0.717, 1.165) is 13.1 Å². The summed E-state index contributed by atoms with van der Waals surface area (Å²) in [4.78, 5) is 2.44. The zero-order chi connectivity index (χ0) is 13.9. The molecule has 106 valence electrons. The van der Waals surface area contributed by atoms with E-state index in [4.69, 9.17) is 0 Å². The van der Waals surface area contributed by atoms with Gasteiger partial charge in [-0.2, -0.15) is 0 Å². The van der Waals surface area contributed by atoms with Crippen LogP contribution in [-0.2, 0) is 6.54 Å². The first kappa shape index (κ1) is 14.5. The molecule has 1 aliphatic rings. The van der Waals surface area contributed by atoms with Gasteiger partial charge in [-0.15, -0.1) is 0 Å². The van der Waals surface area contributed by atoms with Gasteiger partial charge in [0.05, 0.1) is 0 Å². The van der Waals surface area contributed by atoms with Gasteiger partial charge >= 0.3 is 0 Å². The SMILES string of the molecule is Cc1ccc(C)c(CNCC2(C)CCN(C)CC2)c1. The third-order valence-corrected chi connectivity index (χ3v) is 4.57. The molecule has 0 aliphatic carbocycles. The monoisotopic (exact) mass is 260 g/mol. The molecule has 0 aromatic heterocycles. The molecule has 1 aliphatic heterocycles. The van der Waals surface area contributed by atoms with Crippen molar-refractivity contribution < 1.29 is 0 Å². The van der Waals surface area contributed by atoms with Gasteiger partial charge in [0.25, 0.3) is 0 Å². The van der Waals surface area contributed by atoms with Crippen LogP contribution in [0, 0.1) is 19.3 Å². The highest BCUT2D eigenvalue weighted by atomic mass is 15.1. The Hall–Kier alpha value is -0.860. The van der Waals surface area contributed by atoms with Crippen molar-refractivity contribution in [2.75, 3.05) is 26.7 Å². The van der Waals surface area contributed by atoms with Gasteiger partial charge in [-0.1, -0.05) is 30.7 Å². The second-order valence-corrected chi connectivity index (χ2v) is 6.65. The van der Waals surface area contributed by atoms with Crippen molar-refractivity contribution in [1.82, 2.24) is 10.2 Å². The molecule has 19 heavy (non-hydrogen) atoms. The van der Waals surface area contributed by atoms with Crippen LogP contribution < -0.4 is 5.32 Å². The van der Waals surface area contributed by atoms with E-state index in [9.17, 15) is 0 Å². The molecule has 0 saturated carbocycles.